The van der Waals surface area contributed by atoms with Crippen molar-refractivity contribution < 1.29 is 4.92 Å². The van der Waals surface area contributed by atoms with Crippen LogP contribution in [0.4, 0.5) is 0 Å². The summed E-state index contributed by atoms with van der Waals surface area (Å²) in [5, 5.41) is 16.9. The van der Waals surface area contributed by atoms with E-state index in [0.29, 0.717) is 0 Å². The zero-order chi connectivity index (χ0) is 20.3. The summed E-state index contributed by atoms with van der Waals surface area (Å²) in [6, 6.07) is 1.69. The normalized spacial score (nSPS) is 8.61. The Morgan fingerprint density at radius 3 is 1.17 bits per heavy atom. The molecule has 0 atom stereocenters. The molecule has 0 aromatic rings. The van der Waals surface area contributed by atoms with E-state index in [2.05, 4.69) is 31.0 Å². The minimum atomic E-state index is -2.36. The Kier molecular flexibility index (Phi) is 37.0. The van der Waals surface area contributed by atoms with Gasteiger partial charge in [0, 0.05) is 10.4 Å². The lowest BCUT2D eigenvalue weighted by Crippen LogP contribution is -2.15. The van der Waals surface area contributed by atoms with Crippen LogP contribution in [0.1, 0.15) is 0 Å². The van der Waals surface area contributed by atoms with E-state index in [4.69, 9.17) is 121 Å². The van der Waals surface area contributed by atoms with Crippen LogP contribution in [0.25, 0.3) is 0 Å². The van der Waals surface area contributed by atoms with Gasteiger partial charge < -0.3 is 0 Å². The lowest BCUT2D eigenvalue weighted by Gasteiger charge is -1.96. The van der Waals surface area contributed by atoms with Crippen molar-refractivity contribution in [1.29, 1.82) is 5.26 Å². The van der Waals surface area contributed by atoms with Crippen molar-refractivity contribution in [1.82, 2.24) is 0 Å². The molecule has 0 saturated heterocycles. The maximum atomic E-state index is 9.43. The van der Waals surface area contributed by atoms with Crippen molar-refractivity contribution in [2.75, 3.05) is 0 Å². The van der Waals surface area contributed by atoms with Gasteiger partial charge in [-0.15, -0.1) is 0 Å². The number of rotatable bonds is 0. The van der Waals surface area contributed by atoms with Crippen LogP contribution < -0.4 is 0 Å². The molecule has 0 aromatic heterocycles. The Morgan fingerprint density at radius 1 is 1.09 bits per heavy atom. The number of hydrogen-bond acceptors (Lipinski definition) is 5. The van der Waals surface area contributed by atoms with Gasteiger partial charge in [0.25, 0.3) is 3.25 Å². The number of halogens is 10. The fraction of sp³-hybridized carbons (Fsp3) is 0.429. The maximum absolute atomic E-state index is 9.43. The second kappa shape index (κ2) is 23.8. The van der Waals surface area contributed by atoms with E-state index in [1.165, 1.54) is 6.08 Å². The van der Waals surface area contributed by atoms with E-state index in [1.807, 2.05) is 4.31 Å². The number of nitrogens with zero attached hydrogens (tertiary/aromatic N) is 2. The maximum Gasteiger partial charge on any atom is 0.449 e. The Morgan fingerprint density at radius 2 is 1.17 bits per heavy atom. The predicted octanol–water partition coefficient (Wildman–Crippen LogP) is 7.84. The summed E-state index contributed by atoms with van der Waals surface area (Å²) >= 11 is 55.7. The van der Waals surface area contributed by atoms with Crippen LogP contribution in [0.2, 0.25) is 0 Å². The first-order valence-corrected chi connectivity index (χ1v) is 8.67. The SMILES string of the molecule is C=CC#N.ClC(Cl)(Cl)Cl.ClC(Cl)Cl.O=[N+]([O-])C(Cl)(Cl)Cl.S=C=S. The molecule has 4 nitrogen and oxygen atoms in total. The van der Waals surface area contributed by atoms with E-state index in [0.717, 1.165) is 0 Å². The first kappa shape index (κ1) is 35.8. The Bertz CT molecular complexity index is 362. The fourth-order valence-electron chi connectivity index (χ4n) is 0. The molecule has 0 spiro atoms. The molecule has 0 heterocycles. The Hall–Kier alpha value is 1.75. The van der Waals surface area contributed by atoms with Crippen molar-refractivity contribution in [2.45, 2.75) is 11.5 Å². The van der Waals surface area contributed by atoms with Gasteiger partial charge in [0.2, 0.25) is 0 Å². The summed E-state index contributed by atoms with van der Waals surface area (Å²) in [5.74, 6) is 0. The third-order valence-corrected chi connectivity index (χ3v) is 0.712. The monoisotopic (exact) mass is 562 g/mol. The summed E-state index contributed by atoms with van der Waals surface area (Å²) in [6.07, 6.45) is 1.18. The standard InChI is InChI=1S/C3H3N.CCl4.CCl3NO2.CHCl3.CS2/c1-2-3-4;2-1(3,4)5;2-1(3,4)5(6)7;2-1(3)4;2-1-3/h2H,1H2;;;1H;. The van der Waals surface area contributed by atoms with E-state index >= 15 is 0 Å². The molecule has 0 radical (unpaired) electrons. The first-order chi connectivity index (χ1) is 10.0. The minimum absolute atomic E-state index is 0.750. The van der Waals surface area contributed by atoms with E-state index in [-0.39, 0.29) is 0 Å². The smallest absolute Gasteiger partial charge is 0.260 e. The second-order valence-electron chi connectivity index (χ2n) is 1.82. The van der Waals surface area contributed by atoms with Gasteiger partial charge in [0.1, 0.15) is 0 Å². The lowest BCUT2D eigenvalue weighted by atomic mass is 10.8. The molecular weight excluding hydrogens is 563 g/mol. The van der Waals surface area contributed by atoms with Crippen LogP contribution in [0.3, 0.4) is 0 Å². The molecule has 136 valence electrons. The molecule has 0 aromatic carbocycles. The molecule has 0 unspecified atom stereocenters. The van der Waals surface area contributed by atoms with E-state index in [1.54, 1.807) is 6.07 Å². The lowest BCUT2D eigenvalue weighted by molar-refractivity contribution is -0.491. The average Bonchev–Trinajstić information content (AvgIpc) is 2.26. The molecule has 16 heteroatoms. The topological polar surface area (TPSA) is 66.9 Å². The number of thiocarbonyl (C=S) groups is 2. The predicted molar refractivity (Wildman–Crippen MR) is 111 cm³/mol. The number of hydrogen-bond donors (Lipinski definition) is 0. The van der Waals surface area contributed by atoms with Gasteiger partial charge in [0.05, 0.1) is 11.0 Å². The van der Waals surface area contributed by atoms with Crippen molar-refractivity contribution in [2.24, 2.45) is 0 Å². The zero-order valence-electron chi connectivity index (χ0n) is 10.2. The van der Waals surface area contributed by atoms with Gasteiger partial charge in [-0.3, -0.25) is 10.1 Å². The van der Waals surface area contributed by atoms with Crippen molar-refractivity contribution in [3.05, 3.63) is 22.8 Å². The highest BCUT2D eigenvalue weighted by atomic mass is 35.6. The molecule has 0 N–H and O–H groups in total. The van der Waals surface area contributed by atoms with Crippen LogP contribution in [0.15, 0.2) is 12.7 Å². The third-order valence-electron chi connectivity index (χ3n) is 0.298. The van der Waals surface area contributed by atoms with Crippen LogP contribution in [0, 0.1) is 21.4 Å². The quantitative estimate of drug-likeness (QED) is 0.0746. The third kappa shape index (κ3) is 147. The molecule has 0 saturated carbocycles. The summed E-state index contributed by atoms with van der Waals surface area (Å²) < 4.78 is -2.81. The van der Waals surface area contributed by atoms with Crippen molar-refractivity contribution >= 4 is 145 Å². The molecular formula is C7H4Cl10N2O2S2. The molecule has 23 heavy (non-hydrogen) atoms. The second-order valence-corrected chi connectivity index (χ2v) is 10.1. The summed E-state index contributed by atoms with van der Waals surface area (Å²) in [4.78, 5) is 8.41. The highest BCUT2D eigenvalue weighted by Crippen LogP contribution is 2.29. The largest absolute Gasteiger partial charge is 0.449 e. The highest BCUT2D eigenvalue weighted by Gasteiger charge is 2.33. The Labute approximate surface area is 193 Å². The molecule has 0 fully saturated rings. The fourth-order valence-corrected chi connectivity index (χ4v) is 0. The molecule has 0 aliphatic heterocycles. The van der Waals surface area contributed by atoms with Gasteiger partial charge in [-0.25, -0.2) is 0 Å². The molecule has 0 bridgehead atoms. The highest BCUT2D eigenvalue weighted by molar-refractivity contribution is 7.93. The Balaban J connectivity index is -0.0000000608. The minimum Gasteiger partial charge on any atom is -0.260 e. The molecule has 0 aliphatic rings. The summed E-state index contributed by atoms with van der Waals surface area (Å²) in [7, 11) is 0. The van der Waals surface area contributed by atoms with Crippen molar-refractivity contribution in [3.63, 3.8) is 0 Å². The van der Waals surface area contributed by atoms with Gasteiger partial charge in [-0.2, -0.15) is 5.26 Å². The van der Waals surface area contributed by atoms with Crippen LogP contribution in [-0.4, -0.2) is 20.7 Å². The number of nitro groups is 1. The van der Waals surface area contributed by atoms with Gasteiger partial charge in [0.15, 0.2) is 4.30 Å². The molecule has 0 amide bonds. The number of allylic oxidation sites excluding steroid dienone is 1. The average molecular weight is 567 g/mol. The van der Waals surface area contributed by atoms with Gasteiger partial charge in [-0.1, -0.05) is 87.8 Å². The molecule has 0 rings (SSSR count). The first-order valence-electron chi connectivity index (χ1n) is 3.90. The summed E-state index contributed by atoms with van der Waals surface area (Å²) in [6.45, 7) is 3.12. The van der Waals surface area contributed by atoms with Crippen molar-refractivity contribution in [3.8, 4) is 6.07 Å². The van der Waals surface area contributed by atoms with E-state index in [9.17, 15) is 10.1 Å². The number of nitriles is 1. The number of alkyl halides is 10. The zero-order valence-corrected chi connectivity index (χ0v) is 19.4. The van der Waals surface area contributed by atoms with Gasteiger partial charge in [-0.05, 0) is 59.2 Å². The van der Waals surface area contributed by atoms with Crippen LogP contribution >= 0.6 is 140 Å². The summed E-state index contributed by atoms with van der Waals surface area (Å²) in [5.41, 5.74) is 0. The van der Waals surface area contributed by atoms with E-state index < -0.39 is 16.4 Å². The van der Waals surface area contributed by atoms with Gasteiger partial charge >= 0.3 is 3.92 Å². The molecule has 0 aliphatic carbocycles. The van der Waals surface area contributed by atoms with Crippen LogP contribution in [0.5, 0.6) is 0 Å². The van der Waals surface area contributed by atoms with Crippen LogP contribution in [-0.2, 0) is 0 Å².